The van der Waals surface area contributed by atoms with Crippen molar-refractivity contribution in [3.05, 3.63) is 82.6 Å². The van der Waals surface area contributed by atoms with Crippen LogP contribution < -0.4 is 5.56 Å². The highest BCUT2D eigenvalue weighted by atomic mass is 16.1. The van der Waals surface area contributed by atoms with Gasteiger partial charge in [0.15, 0.2) is 0 Å². The molecule has 0 radical (unpaired) electrons. The third-order valence-corrected chi connectivity index (χ3v) is 3.06. The van der Waals surface area contributed by atoms with E-state index in [1.54, 1.807) is 10.7 Å². The summed E-state index contributed by atoms with van der Waals surface area (Å²) in [6, 6.07) is 21.4. The smallest absolute Gasteiger partial charge is 0.267 e. The fourth-order valence-electron chi connectivity index (χ4n) is 2.08. The van der Waals surface area contributed by atoms with Gasteiger partial charge in [-0.05, 0) is 11.1 Å². The number of aromatic nitrogens is 2. The number of nitrogens with one attached hydrogen (secondary N) is 1. The van der Waals surface area contributed by atoms with E-state index in [0.717, 1.165) is 16.8 Å². The van der Waals surface area contributed by atoms with E-state index >= 15 is 0 Å². The van der Waals surface area contributed by atoms with Crippen molar-refractivity contribution in [1.82, 2.24) is 9.78 Å². The summed E-state index contributed by atoms with van der Waals surface area (Å²) in [5, 5.41) is 3.15. The maximum Gasteiger partial charge on any atom is 0.267 e. The molecule has 3 rings (SSSR count). The molecule has 1 heterocycles. The Labute approximate surface area is 111 Å². The van der Waals surface area contributed by atoms with E-state index in [1.165, 1.54) is 0 Å². The van der Waals surface area contributed by atoms with Gasteiger partial charge in [-0.25, -0.2) is 4.68 Å². The molecule has 0 saturated heterocycles. The maximum absolute atomic E-state index is 11.9. The number of hydrogen-bond acceptors (Lipinski definition) is 1. The lowest BCUT2D eigenvalue weighted by molar-refractivity contribution is 0.666. The summed E-state index contributed by atoms with van der Waals surface area (Å²) in [6.07, 6.45) is 0. The molecule has 0 atom stereocenters. The quantitative estimate of drug-likeness (QED) is 0.762. The number of nitrogens with zero attached hydrogens (tertiary/aromatic N) is 1. The molecule has 0 saturated carbocycles. The largest absolute Gasteiger partial charge is 0.295 e. The van der Waals surface area contributed by atoms with E-state index < -0.39 is 0 Å². The number of hydrogen-bond donors (Lipinski definition) is 1. The highest BCUT2D eigenvalue weighted by molar-refractivity contribution is 5.58. The van der Waals surface area contributed by atoms with Crippen molar-refractivity contribution < 1.29 is 0 Å². The highest BCUT2D eigenvalue weighted by Crippen LogP contribution is 2.14. The van der Waals surface area contributed by atoms with Gasteiger partial charge in [-0.1, -0.05) is 60.7 Å². The standard InChI is InChI=1S/C16H14N2O/c19-16-11-15(14-9-5-2-6-10-14)17-18(16)12-13-7-3-1-4-8-13/h1-11,17H,12H2. The van der Waals surface area contributed by atoms with Crippen molar-refractivity contribution in [2.24, 2.45) is 0 Å². The minimum absolute atomic E-state index is 0.0114. The minimum Gasteiger partial charge on any atom is -0.295 e. The zero-order valence-electron chi connectivity index (χ0n) is 10.4. The van der Waals surface area contributed by atoms with Crippen LogP contribution >= 0.6 is 0 Å². The van der Waals surface area contributed by atoms with Gasteiger partial charge in [0.2, 0.25) is 0 Å². The van der Waals surface area contributed by atoms with Gasteiger partial charge in [0.05, 0.1) is 12.2 Å². The van der Waals surface area contributed by atoms with Crippen LogP contribution in [0.3, 0.4) is 0 Å². The summed E-state index contributed by atoms with van der Waals surface area (Å²) >= 11 is 0. The first-order valence-corrected chi connectivity index (χ1v) is 6.22. The van der Waals surface area contributed by atoms with E-state index in [9.17, 15) is 4.79 Å². The molecule has 0 spiro atoms. The zero-order valence-corrected chi connectivity index (χ0v) is 10.4. The van der Waals surface area contributed by atoms with E-state index in [0.29, 0.717) is 6.54 Å². The van der Waals surface area contributed by atoms with Crippen LogP contribution in [0.1, 0.15) is 5.56 Å². The minimum atomic E-state index is -0.0114. The van der Waals surface area contributed by atoms with Gasteiger partial charge in [0.25, 0.3) is 5.56 Å². The van der Waals surface area contributed by atoms with Crippen molar-refractivity contribution in [2.75, 3.05) is 0 Å². The Kier molecular flexibility index (Phi) is 3.02. The highest BCUT2D eigenvalue weighted by Gasteiger charge is 2.05. The van der Waals surface area contributed by atoms with Crippen LogP contribution in [-0.2, 0) is 6.54 Å². The predicted molar refractivity (Wildman–Crippen MR) is 76.0 cm³/mol. The van der Waals surface area contributed by atoms with Gasteiger partial charge < -0.3 is 0 Å². The zero-order chi connectivity index (χ0) is 13.1. The second-order valence-electron chi connectivity index (χ2n) is 4.45. The summed E-state index contributed by atoms with van der Waals surface area (Å²) in [6.45, 7) is 0.562. The lowest BCUT2D eigenvalue weighted by atomic mass is 10.2. The van der Waals surface area contributed by atoms with Gasteiger partial charge in [-0.3, -0.25) is 9.89 Å². The van der Waals surface area contributed by atoms with Crippen molar-refractivity contribution in [3.8, 4) is 11.3 Å². The topological polar surface area (TPSA) is 37.8 Å². The average molecular weight is 250 g/mol. The molecule has 0 aliphatic heterocycles. The normalized spacial score (nSPS) is 10.5. The Balaban J connectivity index is 1.93. The second kappa shape index (κ2) is 4.98. The molecule has 94 valence electrons. The fourth-order valence-corrected chi connectivity index (χ4v) is 2.08. The van der Waals surface area contributed by atoms with Gasteiger partial charge in [-0.15, -0.1) is 0 Å². The SMILES string of the molecule is O=c1cc(-c2ccccc2)[nH]n1Cc1ccccc1. The molecule has 2 aromatic carbocycles. The third kappa shape index (κ3) is 2.50. The lowest BCUT2D eigenvalue weighted by Gasteiger charge is -2.02. The maximum atomic E-state index is 11.9. The van der Waals surface area contributed by atoms with Crippen LogP contribution in [0.15, 0.2) is 71.5 Å². The summed E-state index contributed by atoms with van der Waals surface area (Å²) in [7, 11) is 0. The molecule has 0 aliphatic carbocycles. The molecule has 1 aromatic heterocycles. The van der Waals surface area contributed by atoms with Crippen LogP contribution in [0.4, 0.5) is 0 Å². The molecule has 3 heteroatoms. The Bertz CT molecular complexity index is 711. The third-order valence-electron chi connectivity index (χ3n) is 3.06. The fraction of sp³-hybridized carbons (Fsp3) is 0.0625. The monoisotopic (exact) mass is 250 g/mol. The second-order valence-corrected chi connectivity index (χ2v) is 4.45. The Morgan fingerprint density at radius 3 is 2.21 bits per heavy atom. The summed E-state index contributed by atoms with van der Waals surface area (Å²) < 4.78 is 1.62. The van der Waals surface area contributed by atoms with Crippen molar-refractivity contribution in [2.45, 2.75) is 6.54 Å². The van der Waals surface area contributed by atoms with E-state index in [1.807, 2.05) is 60.7 Å². The van der Waals surface area contributed by atoms with E-state index in [-0.39, 0.29) is 5.56 Å². The van der Waals surface area contributed by atoms with Crippen LogP contribution in [-0.4, -0.2) is 9.78 Å². The van der Waals surface area contributed by atoms with Crippen LogP contribution in [0.5, 0.6) is 0 Å². The molecule has 1 N–H and O–H groups in total. The Hall–Kier alpha value is -2.55. The first kappa shape index (κ1) is 11.5. The Morgan fingerprint density at radius 2 is 1.53 bits per heavy atom. The number of H-pyrrole nitrogens is 1. The van der Waals surface area contributed by atoms with Gasteiger partial charge >= 0.3 is 0 Å². The number of benzene rings is 2. The van der Waals surface area contributed by atoms with Crippen LogP contribution in [0, 0.1) is 0 Å². The van der Waals surface area contributed by atoms with Crippen molar-refractivity contribution in [3.63, 3.8) is 0 Å². The molecular formula is C16H14N2O. The molecule has 0 aliphatic rings. The van der Waals surface area contributed by atoms with Gasteiger partial charge in [0.1, 0.15) is 0 Å². The molecule has 19 heavy (non-hydrogen) atoms. The molecule has 3 aromatic rings. The van der Waals surface area contributed by atoms with Crippen LogP contribution in [0.2, 0.25) is 0 Å². The number of aromatic amines is 1. The Morgan fingerprint density at radius 1 is 0.895 bits per heavy atom. The lowest BCUT2D eigenvalue weighted by Crippen LogP contribution is -2.16. The molecule has 0 fully saturated rings. The molecule has 0 bridgehead atoms. The molecular weight excluding hydrogens is 236 g/mol. The summed E-state index contributed by atoms with van der Waals surface area (Å²) in [4.78, 5) is 11.9. The summed E-state index contributed by atoms with van der Waals surface area (Å²) in [5.41, 5.74) is 2.96. The first-order chi connectivity index (χ1) is 9.33. The molecule has 3 nitrogen and oxygen atoms in total. The number of rotatable bonds is 3. The van der Waals surface area contributed by atoms with E-state index in [4.69, 9.17) is 0 Å². The summed E-state index contributed by atoms with van der Waals surface area (Å²) in [5.74, 6) is 0. The van der Waals surface area contributed by atoms with Crippen molar-refractivity contribution in [1.29, 1.82) is 0 Å². The first-order valence-electron chi connectivity index (χ1n) is 6.22. The van der Waals surface area contributed by atoms with Gasteiger partial charge in [0, 0.05) is 6.07 Å². The van der Waals surface area contributed by atoms with Gasteiger partial charge in [-0.2, -0.15) is 0 Å². The van der Waals surface area contributed by atoms with Crippen molar-refractivity contribution >= 4 is 0 Å². The van der Waals surface area contributed by atoms with Crippen LogP contribution in [0.25, 0.3) is 11.3 Å². The average Bonchev–Trinajstić information content (AvgIpc) is 2.82. The molecule has 0 unspecified atom stereocenters. The van der Waals surface area contributed by atoms with E-state index in [2.05, 4.69) is 5.10 Å². The predicted octanol–water partition coefficient (Wildman–Crippen LogP) is 2.89. The molecule has 0 amide bonds.